The van der Waals surface area contributed by atoms with Gasteiger partial charge < -0.3 is 42.1 Å². The quantitative estimate of drug-likeness (QED) is 0.174. The maximum absolute atomic E-state index is 12.6. The second-order valence-electron chi connectivity index (χ2n) is 8.25. The van der Waals surface area contributed by atoms with Gasteiger partial charge in [0.15, 0.2) is 0 Å². The Labute approximate surface area is 207 Å². The van der Waals surface area contributed by atoms with Gasteiger partial charge in [-0.25, -0.2) is 4.79 Å². The predicted octanol–water partition coefficient (Wildman–Crippen LogP) is -1.24. The standard InChI is InChI=1S/C24H30N4O8/c1-13(29)21(23(34)27-19(24(35)36)11-15-4-8-17(31)9-5-15)28-20(32)12-26-22(33)18(25)10-14-2-6-16(30)7-3-14/h2-9,13,18-19,21,29-31H,10-12,25H2,1H3,(H,26,33)(H,27,34)(H,28,32)(H,35,36). The fraction of sp³-hybridized carbons (Fsp3) is 0.333. The van der Waals surface area contributed by atoms with Gasteiger partial charge in [0, 0.05) is 6.42 Å². The number of aliphatic hydroxyl groups is 1. The monoisotopic (exact) mass is 502 g/mol. The molecule has 0 bridgehead atoms. The van der Waals surface area contributed by atoms with Crippen LogP contribution in [0.25, 0.3) is 0 Å². The topological polar surface area (TPSA) is 211 Å². The number of carboxylic acid groups (broad SMARTS) is 1. The molecule has 36 heavy (non-hydrogen) atoms. The van der Waals surface area contributed by atoms with E-state index in [0.717, 1.165) is 0 Å². The summed E-state index contributed by atoms with van der Waals surface area (Å²) in [6.07, 6.45) is -1.31. The lowest BCUT2D eigenvalue weighted by Crippen LogP contribution is -2.57. The Morgan fingerprint density at radius 3 is 1.81 bits per heavy atom. The van der Waals surface area contributed by atoms with Crippen molar-refractivity contribution in [3.63, 3.8) is 0 Å². The predicted molar refractivity (Wildman–Crippen MR) is 128 cm³/mol. The fourth-order valence-electron chi connectivity index (χ4n) is 3.24. The molecule has 2 aromatic carbocycles. The number of benzene rings is 2. The van der Waals surface area contributed by atoms with Gasteiger partial charge in [-0.05, 0) is 48.7 Å². The van der Waals surface area contributed by atoms with Crippen LogP contribution in [0.4, 0.5) is 0 Å². The third kappa shape index (κ3) is 8.89. The number of nitrogens with one attached hydrogen (secondary N) is 3. The van der Waals surface area contributed by atoms with E-state index < -0.39 is 54.5 Å². The van der Waals surface area contributed by atoms with E-state index in [0.29, 0.717) is 11.1 Å². The highest BCUT2D eigenvalue weighted by atomic mass is 16.4. The van der Waals surface area contributed by atoms with E-state index in [-0.39, 0.29) is 24.3 Å². The van der Waals surface area contributed by atoms with E-state index in [1.54, 1.807) is 12.1 Å². The minimum absolute atomic E-state index is 0.0000527. The van der Waals surface area contributed by atoms with Crippen molar-refractivity contribution in [3.05, 3.63) is 59.7 Å². The van der Waals surface area contributed by atoms with Gasteiger partial charge in [0.05, 0.1) is 18.7 Å². The van der Waals surface area contributed by atoms with E-state index in [1.165, 1.54) is 43.3 Å². The molecule has 194 valence electrons. The van der Waals surface area contributed by atoms with Crippen LogP contribution >= 0.6 is 0 Å². The van der Waals surface area contributed by atoms with Crippen LogP contribution in [0.1, 0.15) is 18.1 Å². The van der Waals surface area contributed by atoms with E-state index in [1.807, 2.05) is 0 Å². The molecule has 0 heterocycles. The molecule has 0 aliphatic carbocycles. The van der Waals surface area contributed by atoms with Crippen molar-refractivity contribution in [2.45, 2.75) is 44.0 Å². The molecular formula is C24H30N4O8. The van der Waals surface area contributed by atoms with Crippen LogP contribution < -0.4 is 21.7 Å². The zero-order valence-electron chi connectivity index (χ0n) is 19.5. The smallest absolute Gasteiger partial charge is 0.326 e. The van der Waals surface area contributed by atoms with Crippen molar-refractivity contribution in [2.24, 2.45) is 5.73 Å². The lowest BCUT2D eigenvalue weighted by molar-refractivity contribution is -0.142. The van der Waals surface area contributed by atoms with Crippen molar-refractivity contribution in [2.75, 3.05) is 6.54 Å². The third-order valence-electron chi connectivity index (χ3n) is 5.22. The first-order valence-corrected chi connectivity index (χ1v) is 11.1. The van der Waals surface area contributed by atoms with Gasteiger partial charge in [0.1, 0.15) is 23.6 Å². The zero-order chi connectivity index (χ0) is 26.8. The normalized spacial score (nSPS) is 14.1. The molecule has 2 rings (SSSR count). The lowest BCUT2D eigenvalue weighted by atomic mass is 10.0. The van der Waals surface area contributed by atoms with Gasteiger partial charge in [0.25, 0.3) is 0 Å². The number of carboxylic acids is 1. The molecule has 3 amide bonds. The van der Waals surface area contributed by atoms with Gasteiger partial charge in [-0.1, -0.05) is 24.3 Å². The van der Waals surface area contributed by atoms with Crippen LogP contribution in [0, 0.1) is 0 Å². The molecule has 2 aromatic rings. The number of hydrogen-bond donors (Lipinski definition) is 8. The molecule has 12 heteroatoms. The Morgan fingerprint density at radius 2 is 1.33 bits per heavy atom. The van der Waals surface area contributed by atoms with Crippen molar-refractivity contribution < 1.29 is 39.6 Å². The van der Waals surface area contributed by atoms with E-state index in [2.05, 4.69) is 16.0 Å². The van der Waals surface area contributed by atoms with Crippen molar-refractivity contribution in [1.29, 1.82) is 0 Å². The number of carbonyl (C=O) groups is 4. The number of phenols is 2. The summed E-state index contributed by atoms with van der Waals surface area (Å²) >= 11 is 0. The zero-order valence-corrected chi connectivity index (χ0v) is 19.5. The molecule has 0 aliphatic heterocycles. The van der Waals surface area contributed by atoms with Crippen molar-refractivity contribution >= 4 is 23.7 Å². The number of aliphatic carboxylic acids is 1. The molecular weight excluding hydrogens is 472 g/mol. The number of carbonyl (C=O) groups excluding carboxylic acids is 3. The van der Waals surface area contributed by atoms with Crippen LogP contribution in [-0.2, 0) is 32.0 Å². The molecule has 0 aromatic heterocycles. The first-order valence-electron chi connectivity index (χ1n) is 11.1. The second-order valence-corrected chi connectivity index (χ2v) is 8.25. The highest BCUT2D eigenvalue weighted by Crippen LogP contribution is 2.12. The van der Waals surface area contributed by atoms with E-state index in [9.17, 15) is 39.6 Å². The minimum Gasteiger partial charge on any atom is -0.508 e. The van der Waals surface area contributed by atoms with Crippen LogP contribution in [-0.4, -0.2) is 74.9 Å². The number of phenolic OH excluding ortho intramolecular Hbond substituents is 2. The Balaban J connectivity index is 1.90. The molecule has 0 saturated carbocycles. The van der Waals surface area contributed by atoms with Gasteiger partial charge in [-0.15, -0.1) is 0 Å². The summed E-state index contributed by atoms with van der Waals surface area (Å²) in [5.41, 5.74) is 7.08. The largest absolute Gasteiger partial charge is 0.508 e. The van der Waals surface area contributed by atoms with Crippen LogP contribution in [0.3, 0.4) is 0 Å². The van der Waals surface area contributed by atoms with Gasteiger partial charge in [-0.3, -0.25) is 14.4 Å². The maximum Gasteiger partial charge on any atom is 0.326 e. The highest BCUT2D eigenvalue weighted by Gasteiger charge is 2.30. The summed E-state index contributed by atoms with van der Waals surface area (Å²) in [5.74, 6) is -3.62. The summed E-state index contributed by atoms with van der Waals surface area (Å²) in [5, 5.41) is 45.0. The van der Waals surface area contributed by atoms with E-state index in [4.69, 9.17) is 5.73 Å². The Kier molecular flexibility index (Phi) is 10.2. The maximum atomic E-state index is 12.6. The van der Waals surface area contributed by atoms with Gasteiger partial charge in [0.2, 0.25) is 17.7 Å². The number of nitrogens with two attached hydrogens (primary N) is 1. The SMILES string of the molecule is CC(O)C(NC(=O)CNC(=O)C(N)Cc1ccc(O)cc1)C(=O)NC(Cc1ccc(O)cc1)C(=O)O. The number of hydrogen-bond acceptors (Lipinski definition) is 8. The first kappa shape index (κ1) is 28.1. The molecule has 0 radical (unpaired) electrons. The van der Waals surface area contributed by atoms with Crippen LogP contribution in [0.5, 0.6) is 11.5 Å². The summed E-state index contributed by atoms with van der Waals surface area (Å²) in [6, 6.07) is 8.04. The molecule has 0 spiro atoms. The molecule has 0 aliphatic rings. The van der Waals surface area contributed by atoms with Crippen molar-refractivity contribution in [1.82, 2.24) is 16.0 Å². The summed E-state index contributed by atoms with van der Waals surface area (Å²) in [6.45, 7) is 0.709. The van der Waals surface area contributed by atoms with E-state index >= 15 is 0 Å². The molecule has 12 nitrogen and oxygen atoms in total. The summed E-state index contributed by atoms with van der Waals surface area (Å²) in [7, 11) is 0. The Bertz CT molecular complexity index is 1060. The lowest BCUT2D eigenvalue weighted by Gasteiger charge is -2.23. The van der Waals surface area contributed by atoms with Gasteiger partial charge in [-0.2, -0.15) is 0 Å². The van der Waals surface area contributed by atoms with Gasteiger partial charge >= 0.3 is 5.97 Å². The number of rotatable bonds is 12. The molecule has 4 unspecified atom stereocenters. The van der Waals surface area contributed by atoms with Crippen LogP contribution in [0.15, 0.2) is 48.5 Å². The highest BCUT2D eigenvalue weighted by molar-refractivity contribution is 5.93. The summed E-state index contributed by atoms with van der Waals surface area (Å²) < 4.78 is 0. The average molecular weight is 503 g/mol. The minimum atomic E-state index is -1.48. The number of aromatic hydroxyl groups is 2. The van der Waals surface area contributed by atoms with Crippen molar-refractivity contribution in [3.8, 4) is 11.5 Å². The molecule has 0 fully saturated rings. The molecule has 9 N–H and O–H groups in total. The molecule has 0 saturated heterocycles. The average Bonchev–Trinajstić information content (AvgIpc) is 2.82. The fourth-order valence-corrected chi connectivity index (χ4v) is 3.24. The third-order valence-corrected chi connectivity index (χ3v) is 5.22. The Morgan fingerprint density at radius 1 is 0.833 bits per heavy atom. The van der Waals surface area contributed by atoms with Crippen LogP contribution in [0.2, 0.25) is 0 Å². The summed E-state index contributed by atoms with van der Waals surface area (Å²) in [4.78, 5) is 48.8. The number of amides is 3. The second kappa shape index (κ2) is 13.1. The Hall–Kier alpha value is -4.16. The number of aliphatic hydroxyl groups excluding tert-OH is 1. The molecule has 4 atom stereocenters. The first-order chi connectivity index (χ1) is 17.0.